The van der Waals surface area contributed by atoms with Crippen molar-refractivity contribution in [2.24, 2.45) is 0 Å². The zero-order chi connectivity index (χ0) is 10.0. The van der Waals surface area contributed by atoms with Crippen molar-refractivity contribution in [2.75, 3.05) is 0 Å². The van der Waals surface area contributed by atoms with Crippen LogP contribution >= 0.6 is 0 Å². The lowest BCUT2D eigenvalue weighted by molar-refractivity contribution is -0.137. The zero-order valence-electron chi connectivity index (χ0n) is 8.11. The Labute approximate surface area is 77.2 Å². The molecule has 0 fully saturated rings. The van der Waals surface area contributed by atoms with Crippen molar-refractivity contribution in [3.05, 3.63) is 17.5 Å². The van der Waals surface area contributed by atoms with E-state index in [0.29, 0.717) is 0 Å². The fourth-order valence-corrected chi connectivity index (χ4v) is 1.14. The van der Waals surface area contributed by atoms with Crippen molar-refractivity contribution in [1.29, 1.82) is 0 Å². The largest absolute Gasteiger partial charge is 0.481 e. The number of hydrogen-bond donors (Lipinski definition) is 1. The third-order valence-corrected chi connectivity index (χ3v) is 2.08. The van der Waals surface area contributed by atoms with Crippen LogP contribution in [-0.4, -0.2) is 20.9 Å². The van der Waals surface area contributed by atoms with E-state index in [9.17, 15) is 4.79 Å². The highest BCUT2D eigenvalue weighted by Gasteiger charge is 2.11. The van der Waals surface area contributed by atoms with Crippen LogP contribution in [0.25, 0.3) is 0 Å². The van der Waals surface area contributed by atoms with Gasteiger partial charge in [0.25, 0.3) is 0 Å². The number of carbonyl (C=O) groups is 1. The highest BCUT2D eigenvalue weighted by Crippen LogP contribution is 2.12. The summed E-state index contributed by atoms with van der Waals surface area (Å²) in [5, 5.41) is 12.8. The van der Waals surface area contributed by atoms with E-state index in [-0.39, 0.29) is 12.5 Å². The molecule has 4 nitrogen and oxygen atoms in total. The normalized spacial score (nSPS) is 12.8. The molecule has 1 atom stereocenters. The SMILES string of the molecule is Cc1cn(C(C)CC(=O)O)nc1C. The molecule has 1 heterocycles. The maximum atomic E-state index is 10.4. The van der Waals surface area contributed by atoms with Crippen molar-refractivity contribution < 1.29 is 9.90 Å². The van der Waals surface area contributed by atoms with Crippen molar-refractivity contribution >= 4 is 5.97 Å². The first-order chi connectivity index (χ1) is 6.00. The van der Waals surface area contributed by atoms with Gasteiger partial charge in [-0.25, -0.2) is 0 Å². The molecule has 1 aromatic heterocycles. The molecule has 4 heteroatoms. The summed E-state index contributed by atoms with van der Waals surface area (Å²) in [6.45, 7) is 5.73. The Morgan fingerprint density at radius 2 is 2.31 bits per heavy atom. The minimum Gasteiger partial charge on any atom is -0.481 e. The molecule has 0 saturated carbocycles. The maximum absolute atomic E-state index is 10.4. The second kappa shape index (κ2) is 3.60. The second-order valence-corrected chi connectivity index (χ2v) is 3.32. The van der Waals surface area contributed by atoms with E-state index in [4.69, 9.17) is 5.11 Å². The Balaban J connectivity index is 2.77. The van der Waals surface area contributed by atoms with Gasteiger partial charge >= 0.3 is 5.97 Å². The van der Waals surface area contributed by atoms with E-state index in [0.717, 1.165) is 11.3 Å². The van der Waals surface area contributed by atoms with Gasteiger partial charge in [-0.15, -0.1) is 0 Å². The molecule has 0 aliphatic heterocycles. The lowest BCUT2D eigenvalue weighted by atomic mass is 10.2. The molecule has 0 radical (unpaired) electrons. The minimum atomic E-state index is -0.793. The van der Waals surface area contributed by atoms with Gasteiger partial charge < -0.3 is 5.11 Å². The second-order valence-electron chi connectivity index (χ2n) is 3.32. The fourth-order valence-electron chi connectivity index (χ4n) is 1.14. The summed E-state index contributed by atoms with van der Waals surface area (Å²) in [4.78, 5) is 10.4. The Morgan fingerprint density at radius 1 is 1.69 bits per heavy atom. The summed E-state index contributed by atoms with van der Waals surface area (Å²) in [5.41, 5.74) is 2.05. The smallest absolute Gasteiger partial charge is 0.305 e. The topological polar surface area (TPSA) is 55.1 Å². The highest BCUT2D eigenvalue weighted by molar-refractivity contribution is 5.67. The molecule has 0 bridgehead atoms. The van der Waals surface area contributed by atoms with E-state index < -0.39 is 5.97 Å². The number of aliphatic carboxylic acids is 1. The van der Waals surface area contributed by atoms with Crippen molar-refractivity contribution in [1.82, 2.24) is 9.78 Å². The first-order valence-corrected chi connectivity index (χ1v) is 4.25. The van der Waals surface area contributed by atoms with Crippen LogP contribution in [0.3, 0.4) is 0 Å². The van der Waals surface area contributed by atoms with E-state index in [1.54, 1.807) is 4.68 Å². The van der Waals surface area contributed by atoms with Crippen LogP contribution in [0.5, 0.6) is 0 Å². The summed E-state index contributed by atoms with van der Waals surface area (Å²) in [6.07, 6.45) is 1.99. The summed E-state index contributed by atoms with van der Waals surface area (Å²) in [5.74, 6) is -0.793. The van der Waals surface area contributed by atoms with E-state index in [1.165, 1.54) is 0 Å². The Kier molecular flexibility index (Phi) is 2.70. The lowest BCUT2D eigenvalue weighted by Crippen LogP contribution is -2.10. The number of hydrogen-bond acceptors (Lipinski definition) is 2. The first-order valence-electron chi connectivity index (χ1n) is 4.25. The van der Waals surface area contributed by atoms with Gasteiger partial charge in [0, 0.05) is 6.20 Å². The molecule has 0 saturated heterocycles. The molecular formula is C9H14N2O2. The Morgan fingerprint density at radius 3 is 2.69 bits per heavy atom. The third-order valence-electron chi connectivity index (χ3n) is 2.08. The monoisotopic (exact) mass is 182 g/mol. The summed E-state index contributed by atoms with van der Waals surface area (Å²) in [6, 6.07) is -0.0788. The van der Waals surface area contributed by atoms with Crippen molar-refractivity contribution in [3.63, 3.8) is 0 Å². The molecule has 1 aromatic rings. The first kappa shape index (κ1) is 9.77. The van der Waals surface area contributed by atoms with Crippen LogP contribution in [-0.2, 0) is 4.79 Å². The van der Waals surface area contributed by atoms with Crippen molar-refractivity contribution in [3.8, 4) is 0 Å². The third kappa shape index (κ3) is 2.31. The van der Waals surface area contributed by atoms with E-state index in [2.05, 4.69) is 5.10 Å². The molecule has 1 unspecified atom stereocenters. The van der Waals surface area contributed by atoms with Gasteiger partial charge in [0.2, 0.25) is 0 Å². The van der Waals surface area contributed by atoms with Gasteiger partial charge in [-0.1, -0.05) is 0 Å². The molecule has 0 aliphatic carbocycles. The predicted molar refractivity (Wildman–Crippen MR) is 48.7 cm³/mol. The van der Waals surface area contributed by atoms with Gasteiger partial charge in [-0.2, -0.15) is 5.10 Å². The van der Waals surface area contributed by atoms with Crippen LogP contribution in [0.4, 0.5) is 0 Å². The molecule has 0 amide bonds. The van der Waals surface area contributed by atoms with Crippen LogP contribution in [0, 0.1) is 13.8 Å². The number of carboxylic acids is 1. The lowest BCUT2D eigenvalue weighted by Gasteiger charge is -2.08. The summed E-state index contributed by atoms with van der Waals surface area (Å²) < 4.78 is 1.71. The Bertz CT molecular complexity index is 298. The molecule has 0 aliphatic rings. The van der Waals surface area contributed by atoms with Gasteiger partial charge in [-0.05, 0) is 26.3 Å². The maximum Gasteiger partial charge on any atom is 0.305 e. The summed E-state index contributed by atoms with van der Waals surface area (Å²) >= 11 is 0. The van der Waals surface area contributed by atoms with Crippen LogP contribution in [0.15, 0.2) is 6.20 Å². The quantitative estimate of drug-likeness (QED) is 0.771. The fraction of sp³-hybridized carbons (Fsp3) is 0.556. The van der Waals surface area contributed by atoms with Crippen LogP contribution < -0.4 is 0 Å². The molecule has 0 spiro atoms. The number of carboxylic acid groups (broad SMARTS) is 1. The highest BCUT2D eigenvalue weighted by atomic mass is 16.4. The van der Waals surface area contributed by atoms with Gasteiger partial charge in [0.1, 0.15) is 0 Å². The average molecular weight is 182 g/mol. The van der Waals surface area contributed by atoms with E-state index >= 15 is 0 Å². The Hall–Kier alpha value is -1.32. The molecular weight excluding hydrogens is 168 g/mol. The zero-order valence-corrected chi connectivity index (χ0v) is 8.11. The van der Waals surface area contributed by atoms with Gasteiger partial charge in [-0.3, -0.25) is 9.48 Å². The number of aryl methyl sites for hydroxylation is 2. The number of rotatable bonds is 3. The number of nitrogens with zero attached hydrogens (tertiary/aromatic N) is 2. The average Bonchev–Trinajstić information content (AvgIpc) is 2.31. The molecule has 0 aromatic carbocycles. The standard InChI is InChI=1S/C9H14N2O2/c1-6-5-11(10-8(6)3)7(2)4-9(12)13/h5,7H,4H2,1-3H3,(H,12,13). The van der Waals surface area contributed by atoms with Crippen molar-refractivity contribution in [2.45, 2.75) is 33.2 Å². The van der Waals surface area contributed by atoms with Crippen LogP contribution in [0.1, 0.15) is 30.6 Å². The van der Waals surface area contributed by atoms with E-state index in [1.807, 2.05) is 27.0 Å². The molecule has 13 heavy (non-hydrogen) atoms. The molecule has 1 rings (SSSR count). The van der Waals surface area contributed by atoms with Crippen LogP contribution in [0.2, 0.25) is 0 Å². The molecule has 1 N–H and O–H groups in total. The van der Waals surface area contributed by atoms with Gasteiger partial charge in [0.05, 0.1) is 18.2 Å². The summed E-state index contributed by atoms with van der Waals surface area (Å²) in [7, 11) is 0. The van der Waals surface area contributed by atoms with Gasteiger partial charge in [0.15, 0.2) is 0 Å². The molecule has 72 valence electrons. The predicted octanol–water partition coefficient (Wildman–Crippen LogP) is 1.54. The number of aromatic nitrogens is 2. The minimum absolute atomic E-state index is 0.0788.